The Labute approximate surface area is 60.9 Å². The summed E-state index contributed by atoms with van der Waals surface area (Å²) in [7, 11) is 0. The average Bonchev–Trinajstić information content (AvgIpc) is 1.99. The Hall–Kier alpha value is -0.540. The van der Waals surface area contributed by atoms with E-state index in [0.717, 1.165) is 6.42 Å². The summed E-state index contributed by atoms with van der Waals surface area (Å²) < 4.78 is 4.94. The standard InChI is InChI=1S/C7H14O3/c1-3-6(2)10-5-7(9)4-8/h7-9H,2-5H2,1H3. The predicted molar refractivity (Wildman–Crippen MR) is 38.5 cm³/mol. The van der Waals surface area contributed by atoms with Crippen LogP contribution in [-0.2, 0) is 4.74 Å². The summed E-state index contributed by atoms with van der Waals surface area (Å²) in [5, 5.41) is 17.1. The minimum absolute atomic E-state index is 0.128. The van der Waals surface area contributed by atoms with Gasteiger partial charge in [0.25, 0.3) is 0 Å². The monoisotopic (exact) mass is 146 g/mol. The molecule has 0 aliphatic heterocycles. The molecule has 1 unspecified atom stereocenters. The Bertz CT molecular complexity index is 101. The quantitative estimate of drug-likeness (QED) is 0.548. The first kappa shape index (κ1) is 9.46. The highest BCUT2D eigenvalue weighted by Crippen LogP contribution is 1.98. The fourth-order valence-electron chi connectivity index (χ4n) is 0.369. The highest BCUT2D eigenvalue weighted by Gasteiger charge is 2.01. The van der Waals surface area contributed by atoms with Crippen LogP contribution >= 0.6 is 0 Å². The molecule has 0 fully saturated rings. The molecule has 0 spiro atoms. The van der Waals surface area contributed by atoms with Crippen molar-refractivity contribution < 1.29 is 14.9 Å². The molecular weight excluding hydrogens is 132 g/mol. The smallest absolute Gasteiger partial charge is 0.116 e. The van der Waals surface area contributed by atoms with E-state index in [1.54, 1.807) is 0 Å². The molecule has 0 radical (unpaired) electrons. The topological polar surface area (TPSA) is 49.7 Å². The van der Waals surface area contributed by atoms with Gasteiger partial charge in [0.1, 0.15) is 12.7 Å². The Kier molecular flexibility index (Phi) is 4.98. The van der Waals surface area contributed by atoms with E-state index in [4.69, 9.17) is 14.9 Å². The van der Waals surface area contributed by atoms with Crippen molar-refractivity contribution in [3.8, 4) is 0 Å². The second-order valence-corrected chi connectivity index (χ2v) is 2.04. The summed E-state index contributed by atoms with van der Waals surface area (Å²) >= 11 is 0. The second-order valence-electron chi connectivity index (χ2n) is 2.04. The van der Waals surface area contributed by atoms with Crippen LogP contribution in [0, 0.1) is 0 Å². The number of ether oxygens (including phenoxy) is 1. The van der Waals surface area contributed by atoms with Crippen molar-refractivity contribution in [3.63, 3.8) is 0 Å². The lowest BCUT2D eigenvalue weighted by Crippen LogP contribution is -2.18. The molecule has 0 heterocycles. The van der Waals surface area contributed by atoms with Gasteiger partial charge in [0.2, 0.25) is 0 Å². The maximum Gasteiger partial charge on any atom is 0.116 e. The first-order valence-electron chi connectivity index (χ1n) is 3.30. The van der Waals surface area contributed by atoms with Gasteiger partial charge < -0.3 is 14.9 Å². The lowest BCUT2D eigenvalue weighted by molar-refractivity contribution is 0.0291. The summed E-state index contributed by atoms with van der Waals surface area (Å²) in [6.07, 6.45) is -0.0543. The van der Waals surface area contributed by atoms with Crippen LogP contribution in [0.3, 0.4) is 0 Å². The highest BCUT2D eigenvalue weighted by molar-refractivity contribution is 4.79. The van der Waals surface area contributed by atoms with Gasteiger partial charge in [-0.1, -0.05) is 13.5 Å². The van der Waals surface area contributed by atoms with Gasteiger partial charge in [-0.15, -0.1) is 0 Å². The Balaban J connectivity index is 3.26. The lowest BCUT2D eigenvalue weighted by Gasteiger charge is -2.09. The molecule has 0 aromatic heterocycles. The van der Waals surface area contributed by atoms with Gasteiger partial charge >= 0.3 is 0 Å². The molecule has 10 heavy (non-hydrogen) atoms. The molecule has 0 aromatic carbocycles. The van der Waals surface area contributed by atoms with Gasteiger partial charge in [0, 0.05) is 6.42 Å². The third-order valence-electron chi connectivity index (χ3n) is 1.08. The zero-order valence-corrected chi connectivity index (χ0v) is 6.21. The van der Waals surface area contributed by atoms with Crippen molar-refractivity contribution in [2.75, 3.05) is 13.2 Å². The number of aliphatic hydroxyl groups excluding tert-OH is 2. The maximum atomic E-state index is 8.79. The summed E-state index contributed by atoms with van der Waals surface area (Å²) in [5.41, 5.74) is 0. The molecule has 1 atom stereocenters. The molecule has 3 heteroatoms. The normalized spacial score (nSPS) is 12.7. The molecule has 0 amide bonds. The Morgan fingerprint density at radius 3 is 2.70 bits per heavy atom. The number of aliphatic hydroxyl groups is 2. The zero-order valence-electron chi connectivity index (χ0n) is 6.21. The summed E-state index contributed by atoms with van der Waals surface area (Å²) in [6.45, 7) is 5.34. The van der Waals surface area contributed by atoms with E-state index < -0.39 is 6.10 Å². The van der Waals surface area contributed by atoms with Crippen LogP contribution in [0.2, 0.25) is 0 Å². The van der Waals surface area contributed by atoms with Crippen molar-refractivity contribution in [1.82, 2.24) is 0 Å². The van der Waals surface area contributed by atoms with Crippen LogP contribution in [0.25, 0.3) is 0 Å². The Morgan fingerprint density at radius 1 is 1.70 bits per heavy atom. The van der Waals surface area contributed by atoms with Gasteiger partial charge in [-0.25, -0.2) is 0 Å². The van der Waals surface area contributed by atoms with Crippen molar-refractivity contribution in [1.29, 1.82) is 0 Å². The van der Waals surface area contributed by atoms with Gasteiger partial charge in [-0.3, -0.25) is 0 Å². The molecule has 0 saturated heterocycles. The molecule has 0 saturated carbocycles. The van der Waals surface area contributed by atoms with Gasteiger partial charge in [-0.2, -0.15) is 0 Å². The average molecular weight is 146 g/mol. The number of rotatable bonds is 5. The number of hydrogen-bond donors (Lipinski definition) is 2. The summed E-state index contributed by atoms with van der Waals surface area (Å²) in [5.74, 6) is 0.632. The van der Waals surface area contributed by atoms with Gasteiger partial charge in [0.15, 0.2) is 0 Å². The molecule has 60 valence electrons. The van der Waals surface area contributed by atoms with Crippen molar-refractivity contribution >= 4 is 0 Å². The fourth-order valence-corrected chi connectivity index (χ4v) is 0.369. The van der Waals surface area contributed by atoms with Gasteiger partial charge in [-0.05, 0) is 0 Å². The van der Waals surface area contributed by atoms with E-state index in [2.05, 4.69) is 6.58 Å². The SMILES string of the molecule is C=C(CC)OCC(O)CO. The third kappa shape index (κ3) is 4.35. The number of allylic oxidation sites excluding steroid dienone is 1. The molecule has 3 nitrogen and oxygen atoms in total. The maximum absolute atomic E-state index is 8.79. The van der Waals surface area contributed by atoms with E-state index in [1.165, 1.54) is 0 Å². The molecular formula is C7H14O3. The molecule has 0 aliphatic carbocycles. The molecule has 0 aliphatic rings. The van der Waals surface area contributed by atoms with E-state index in [-0.39, 0.29) is 13.2 Å². The van der Waals surface area contributed by atoms with Crippen molar-refractivity contribution in [2.24, 2.45) is 0 Å². The van der Waals surface area contributed by atoms with E-state index in [9.17, 15) is 0 Å². The summed E-state index contributed by atoms with van der Waals surface area (Å²) in [6, 6.07) is 0. The van der Waals surface area contributed by atoms with Crippen LogP contribution in [-0.4, -0.2) is 29.5 Å². The van der Waals surface area contributed by atoms with Crippen molar-refractivity contribution in [2.45, 2.75) is 19.4 Å². The van der Waals surface area contributed by atoms with E-state index in [1.807, 2.05) is 6.92 Å². The van der Waals surface area contributed by atoms with Crippen LogP contribution in [0.1, 0.15) is 13.3 Å². The van der Waals surface area contributed by atoms with Gasteiger partial charge in [0.05, 0.1) is 12.4 Å². The zero-order chi connectivity index (χ0) is 7.98. The Morgan fingerprint density at radius 2 is 2.30 bits per heavy atom. The third-order valence-corrected chi connectivity index (χ3v) is 1.08. The molecule has 0 bridgehead atoms. The minimum Gasteiger partial charge on any atom is -0.496 e. The first-order chi connectivity index (χ1) is 4.70. The molecule has 2 N–H and O–H groups in total. The van der Waals surface area contributed by atoms with E-state index >= 15 is 0 Å². The largest absolute Gasteiger partial charge is 0.496 e. The number of hydrogen-bond acceptors (Lipinski definition) is 3. The lowest BCUT2D eigenvalue weighted by atomic mass is 10.4. The van der Waals surface area contributed by atoms with Crippen LogP contribution in [0.5, 0.6) is 0 Å². The molecule has 0 aromatic rings. The van der Waals surface area contributed by atoms with Crippen LogP contribution < -0.4 is 0 Å². The van der Waals surface area contributed by atoms with Crippen LogP contribution in [0.15, 0.2) is 12.3 Å². The highest BCUT2D eigenvalue weighted by atomic mass is 16.5. The predicted octanol–water partition coefficient (Wildman–Crippen LogP) is 0.280. The molecule has 0 rings (SSSR count). The fraction of sp³-hybridized carbons (Fsp3) is 0.714. The first-order valence-corrected chi connectivity index (χ1v) is 3.30. The van der Waals surface area contributed by atoms with Crippen molar-refractivity contribution in [3.05, 3.63) is 12.3 Å². The second kappa shape index (κ2) is 5.26. The van der Waals surface area contributed by atoms with E-state index in [0.29, 0.717) is 5.76 Å². The van der Waals surface area contributed by atoms with Crippen LogP contribution in [0.4, 0.5) is 0 Å². The summed E-state index contributed by atoms with van der Waals surface area (Å²) in [4.78, 5) is 0. The minimum atomic E-state index is -0.789.